The molecule has 23 heavy (non-hydrogen) atoms. The third-order valence-corrected chi connectivity index (χ3v) is 3.68. The first kappa shape index (κ1) is 17.0. The number of carbonyl (C=O) groups is 2. The number of anilines is 1. The topological polar surface area (TPSA) is 82.5 Å². The molecule has 0 spiro atoms. The summed E-state index contributed by atoms with van der Waals surface area (Å²) in [5, 5.41) is 11.4. The minimum absolute atomic E-state index is 0.217. The molecule has 0 saturated carbocycles. The Balaban J connectivity index is 2.13. The Hall–Kier alpha value is -2.32. The highest BCUT2D eigenvalue weighted by Crippen LogP contribution is 2.37. The van der Waals surface area contributed by atoms with Crippen LogP contribution in [0.25, 0.3) is 0 Å². The number of alkyl halides is 3. The molecule has 2 atom stereocenters. The number of aryl methyl sites for hydroxylation is 2. The summed E-state index contributed by atoms with van der Waals surface area (Å²) in [6.45, 7) is 2.34. The predicted octanol–water partition coefficient (Wildman–Crippen LogP) is 2.43. The zero-order chi connectivity index (χ0) is 17.4. The molecule has 126 valence electrons. The molecule has 0 unspecified atom stereocenters. The lowest BCUT2D eigenvalue weighted by molar-refractivity contribution is -0.187. The third kappa shape index (κ3) is 3.91. The molecule has 1 aromatic rings. The maximum atomic E-state index is 12.9. The van der Waals surface area contributed by atoms with Gasteiger partial charge in [0.25, 0.3) is 0 Å². The number of hydrogen-bond donors (Lipinski definition) is 2. The van der Waals surface area contributed by atoms with Gasteiger partial charge in [0.15, 0.2) is 0 Å². The van der Waals surface area contributed by atoms with Gasteiger partial charge in [0.05, 0.1) is 11.8 Å². The van der Waals surface area contributed by atoms with Gasteiger partial charge in [0, 0.05) is 18.8 Å². The number of urea groups is 1. The van der Waals surface area contributed by atoms with Gasteiger partial charge >= 0.3 is 18.2 Å². The Labute approximate surface area is 130 Å². The normalized spacial score (nSPS) is 21.3. The average Bonchev–Trinajstić information content (AvgIpc) is 2.82. The molecule has 1 fully saturated rings. The van der Waals surface area contributed by atoms with E-state index in [9.17, 15) is 22.8 Å². The first-order chi connectivity index (χ1) is 10.6. The van der Waals surface area contributed by atoms with Crippen LogP contribution in [-0.4, -0.2) is 46.3 Å². The van der Waals surface area contributed by atoms with Crippen molar-refractivity contribution in [1.82, 2.24) is 9.88 Å². The Kier molecular flexibility index (Phi) is 4.49. The molecule has 2 heterocycles. The first-order valence-corrected chi connectivity index (χ1v) is 6.88. The minimum Gasteiger partial charge on any atom is -0.481 e. The van der Waals surface area contributed by atoms with E-state index in [4.69, 9.17) is 5.11 Å². The lowest BCUT2D eigenvalue weighted by Crippen LogP contribution is -2.35. The molecule has 0 bridgehead atoms. The summed E-state index contributed by atoms with van der Waals surface area (Å²) in [7, 11) is 0. The Bertz CT molecular complexity index is 613. The van der Waals surface area contributed by atoms with E-state index in [0.717, 1.165) is 10.5 Å². The summed E-state index contributed by atoms with van der Waals surface area (Å²) in [5.41, 5.74) is 1.49. The highest BCUT2D eigenvalue weighted by atomic mass is 19.4. The number of likely N-dealkylation sites (tertiary alicyclic amines) is 1. The number of pyridine rings is 1. The Morgan fingerprint density at radius 1 is 1.30 bits per heavy atom. The second kappa shape index (κ2) is 6.05. The standard InChI is InChI=1S/C14H16F3N3O3/c1-7-3-8(2)18-11(4-7)19-13(23)20-5-9(12(21)22)10(6-20)14(15,16)17/h3-4,9-10H,5-6H2,1-2H3,(H,21,22)(H,18,19,23)/t9-,10-/m1/s1. The molecule has 1 saturated heterocycles. The highest BCUT2D eigenvalue weighted by Gasteiger charge is 2.53. The van der Waals surface area contributed by atoms with Crippen LogP contribution in [0, 0.1) is 25.7 Å². The van der Waals surface area contributed by atoms with Gasteiger partial charge in [0.2, 0.25) is 0 Å². The number of aromatic nitrogens is 1. The third-order valence-electron chi connectivity index (χ3n) is 3.68. The van der Waals surface area contributed by atoms with Crippen LogP contribution in [0.5, 0.6) is 0 Å². The quantitative estimate of drug-likeness (QED) is 0.872. The van der Waals surface area contributed by atoms with Crippen LogP contribution in [0.4, 0.5) is 23.8 Å². The van der Waals surface area contributed by atoms with E-state index in [2.05, 4.69) is 10.3 Å². The van der Waals surface area contributed by atoms with Gasteiger partial charge in [-0.3, -0.25) is 10.1 Å². The van der Waals surface area contributed by atoms with Crippen molar-refractivity contribution in [2.45, 2.75) is 20.0 Å². The molecule has 6 nitrogen and oxygen atoms in total. The number of aliphatic carboxylic acids is 1. The largest absolute Gasteiger partial charge is 0.481 e. The molecule has 1 aliphatic rings. The maximum absolute atomic E-state index is 12.9. The zero-order valence-corrected chi connectivity index (χ0v) is 12.5. The van der Waals surface area contributed by atoms with Gasteiger partial charge < -0.3 is 10.0 Å². The number of rotatable bonds is 2. The van der Waals surface area contributed by atoms with Crippen LogP contribution >= 0.6 is 0 Å². The van der Waals surface area contributed by atoms with Crippen molar-refractivity contribution < 1.29 is 27.9 Å². The summed E-state index contributed by atoms with van der Waals surface area (Å²) < 4.78 is 38.7. The SMILES string of the molecule is Cc1cc(C)nc(NC(=O)N2C[C@@H](C(F)(F)F)[C@H](C(=O)O)C2)c1. The fourth-order valence-corrected chi connectivity index (χ4v) is 2.65. The van der Waals surface area contributed by atoms with Crippen LogP contribution in [-0.2, 0) is 4.79 Å². The molecule has 0 radical (unpaired) electrons. The van der Waals surface area contributed by atoms with Gasteiger partial charge in [-0.2, -0.15) is 13.2 Å². The number of hydrogen-bond acceptors (Lipinski definition) is 3. The predicted molar refractivity (Wildman–Crippen MR) is 75.0 cm³/mol. The van der Waals surface area contributed by atoms with E-state index in [0.29, 0.717) is 5.69 Å². The van der Waals surface area contributed by atoms with Gasteiger partial charge in [-0.25, -0.2) is 9.78 Å². The van der Waals surface area contributed by atoms with Crippen LogP contribution in [0.1, 0.15) is 11.3 Å². The van der Waals surface area contributed by atoms with Crippen LogP contribution in [0.15, 0.2) is 12.1 Å². The number of halogens is 3. The number of nitrogens with zero attached hydrogens (tertiary/aromatic N) is 2. The van der Waals surface area contributed by atoms with Crippen molar-refractivity contribution >= 4 is 17.8 Å². The number of amides is 2. The van der Waals surface area contributed by atoms with Crippen molar-refractivity contribution in [2.75, 3.05) is 18.4 Å². The molecule has 2 rings (SSSR count). The lowest BCUT2D eigenvalue weighted by Gasteiger charge is -2.18. The smallest absolute Gasteiger partial charge is 0.394 e. The van der Waals surface area contributed by atoms with E-state index in [1.54, 1.807) is 26.0 Å². The average molecular weight is 331 g/mol. The summed E-state index contributed by atoms with van der Waals surface area (Å²) in [6, 6.07) is 2.57. The summed E-state index contributed by atoms with van der Waals surface area (Å²) in [6.07, 6.45) is -4.67. The van der Waals surface area contributed by atoms with Crippen LogP contribution in [0.2, 0.25) is 0 Å². The van der Waals surface area contributed by atoms with Crippen molar-refractivity contribution in [1.29, 1.82) is 0 Å². The molecule has 2 N–H and O–H groups in total. The lowest BCUT2D eigenvalue weighted by atomic mass is 9.96. The molecular formula is C14H16F3N3O3. The van der Waals surface area contributed by atoms with E-state index >= 15 is 0 Å². The summed E-state index contributed by atoms with van der Waals surface area (Å²) in [5.74, 6) is -5.08. The van der Waals surface area contributed by atoms with Gasteiger partial charge in [-0.1, -0.05) is 0 Å². The number of carboxylic acids is 1. The Morgan fingerprint density at radius 3 is 2.43 bits per heavy atom. The van der Waals surface area contributed by atoms with Gasteiger partial charge in [-0.05, 0) is 31.5 Å². The van der Waals surface area contributed by atoms with Gasteiger partial charge in [0.1, 0.15) is 5.82 Å². The van der Waals surface area contributed by atoms with Crippen molar-refractivity contribution in [2.24, 2.45) is 11.8 Å². The maximum Gasteiger partial charge on any atom is 0.394 e. The molecule has 1 aliphatic heterocycles. The van der Waals surface area contributed by atoms with Crippen LogP contribution < -0.4 is 5.32 Å². The monoisotopic (exact) mass is 331 g/mol. The molecule has 2 amide bonds. The number of nitrogens with one attached hydrogen (secondary N) is 1. The van der Waals surface area contributed by atoms with E-state index in [-0.39, 0.29) is 5.82 Å². The van der Waals surface area contributed by atoms with E-state index < -0.39 is 43.1 Å². The Morgan fingerprint density at radius 2 is 1.96 bits per heavy atom. The van der Waals surface area contributed by atoms with Crippen molar-refractivity contribution in [3.8, 4) is 0 Å². The second-order valence-electron chi connectivity index (χ2n) is 5.60. The summed E-state index contributed by atoms with van der Waals surface area (Å²) in [4.78, 5) is 28.0. The second-order valence-corrected chi connectivity index (χ2v) is 5.60. The van der Waals surface area contributed by atoms with Crippen LogP contribution in [0.3, 0.4) is 0 Å². The van der Waals surface area contributed by atoms with Crippen molar-refractivity contribution in [3.63, 3.8) is 0 Å². The van der Waals surface area contributed by atoms with Gasteiger partial charge in [-0.15, -0.1) is 0 Å². The summed E-state index contributed by atoms with van der Waals surface area (Å²) >= 11 is 0. The molecule has 9 heteroatoms. The molecule has 0 aliphatic carbocycles. The van der Waals surface area contributed by atoms with E-state index in [1.165, 1.54) is 0 Å². The molecular weight excluding hydrogens is 315 g/mol. The fraction of sp³-hybridized carbons (Fsp3) is 0.500. The van der Waals surface area contributed by atoms with E-state index in [1.807, 2.05) is 0 Å². The number of carboxylic acid groups (broad SMARTS) is 1. The number of carbonyl (C=O) groups excluding carboxylic acids is 1. The fourth-order valence-electron chi connectivity index (χ4n) is 2.65. The molecule has 1 aromatic heterocycles. The molecule has 0 aromatic carbocycles. The zero-order valence-electron chi connectivity index (χ0n) is 12.5. The minimum atomic E-state index is -4.67. The van der Waals surface area contributed by atoms with Crippen molar-refractivity contribution in [3.05, 3.63) is 23.4 Å². The highest BCUT2D eigenvalue weighted by molar-refractivity contribution is 5.89. The first-order valence-electron chi connectivity index (χ1n) is 6.88.